The first kappa shape index (κ1) is 10.8. The Morgan fingerprint density at radius 2 is 1.72 bits per heavy atom. The molecule has 0 saturated carbocycles. The van der Waals surface area contributed by atoms with Gasteiger partial charge < -0.3 is 4.42 Å². The molecular weight excluding hydrogens is 230 g/mol. The summed E-state index contributed by atoms with van der Waals surface area (Å²) in [5.41, 5.74) is 12.0. The van der Waals surface area contributed by atoms with Gasteiger partial charge in [-0.25, -0.2) is 4.99 Å². The maximum atomic E-state index is 5.73. The van der Waals surface area contributed by atoms with Gasteiger partial charge in [-0.3, -0.25) is 10.9 Å². The van der Waals surface area contributed by atoms with E-state index in [0.29, 0.717) is 12.5 Å². The molecule has 1 fully saturated rings. The third-order valence-corrected chi connectivity index (χ3v) is 2.54. The number of aliphatic imine (C=N–C) groups is 1. The van der Waals surface area contributed by atoms with Gasteiger partial charge in [0, 0.05) is 5.56 Å². The zero-order chi connectivity index (χ0) is 12.2. The number of hydrogen-bond acceptors (Lipinski definition) is 4. The van der Waals surface area contributed by atoms with E-state index in [1.165, 1.54) is 0 Å². The molecule has 0 aliphatic carbocycles. The summed E-state index contributed by atoms with van der Waals surface area (Å²) < 4.78 is 5.73. The lowest BCUT2D eigenvalue weighted by atomic mass is 10.2. The Kier molecular flexibility index (Phi) is 2.95. The van der Waals surface area contributed by atoms with Gasteiger partial charge in [0.2, 0.25) is 5.96 Å². The number of hydrogen-bond donors (Lipinski definition) is 4. The summed E-state index contributed by atoms with van der Waals surface area (Å²) in [4.78, 5) is 4.28. The Morgan fingerprint density at radius 3 is 2.50 bits per heavy atom. The summed E-state index contributed by atoms with van der Waals surface area (Å²) in [5.74, 6) is 2.30. The Balaban J connectivity index is 1.72. The first-order valence-corrected chi connectivity index (χ1v) is 5.62. The van der Waals surface area contributed by atoms with Crippen LogP contribution in [-0.2, 0) is 6.54 Å². The van der Waals surface area contributed by atoms with E-state index < -0.39 is 0 Å². The van der Waals surface area contributed by atoms with Crippen LogP contribution in [-0.4, -0.2) is 5.96 Å². The fourth-order valence-corrected chi connectivity index (χ4v) is 1.67. The topological polar surface area (TPSA) is 73.6 Å². The van der Waals surface area contributed by atoms with Crippen molar-refractivity contribution in [2.45, 2.75) is 6.54 Å². The van der Waals surface area contributed by atoms with Crippen LogP contribution in [0.15, 0.2) is 51.9 Å². The summed E-state index contributed by atoms with van der Waals surface area (Å²) in [6.07, 6.45) is 0. The molecule has 3 rings (SSSR count). The van der Waals surface area contributed by atoms with Crippen LogP contribution in [0.5, 0.6) is 0 Å². The van der Waals surface area contributed by atoms with Crippen LogP contribution in [0.4, 0.5) is 0 Å². The number of rotatable bonds is 3. The number of benzene rings is 1. The van der Waals surface area contributed by atoms with Crippen molar-refractivity contribution in [2.75, 3.05) is 0 Å². The lowest BCUT2D eigenvalue weighted by molar-refractivity contribution is 0.525. The standard InChI is InChI=1S/C12H13N5O/c1-2-4-9(5-3-1)11-7-6-10(18-11)8-13-12-14-16-17-15-12/h1-7,16-17H,8H2,(H2,13,14,15). The highest BCUT2D eigenvalue weighted by Crippen LogP contribution is 2.21. The molecule has 0 radical (unpaired) electrons. The second-order valence-corrected chi connectivity index (χ2v) is 3.80. The molecule has 2 heterocycles. The Bertz CT molecular complexity index is 541. The van der Waals surface area contributed by atoms with Crippen LogP contribution in [0.1, 0.15) is 5.76 Å². The van der Waals surface area contributed by atoms with Crippen LogP contribution < -0.4 is 21.9 Å². The monoisotopic (exact) mass is 243 g/mol. The molecule has 6 nitrogen and oxygen atoms in total. The van der Waals surface area contributed by atoms with Gasteiger partial charge in [0.15, 0.2) is 0 Å². The number of hydrazine groups is 3. The Hall–Kier alpha value is -2.31. The fourth-order valence-electron chi connectivity index (χ4n) is 1.67. The van der Waals surface area contributed by atoms with E-state index in [-0.39, 0.29) is 0 Å². The van der Waals surface area contributed by atoms with E-state index in [2.05, 4.69) is 26.9 Å². The molecule has 1 aliphatic heterocycles. The number of guanidine groups is 1. The van der Waals surface area contributed by atoms with Crippen LogP contribution >= 0.6 is 0 Å². The van der Waals surface area contributed by atoms with Gasteiger partial charge in [-0.2, -0.15) is 11.1 Å². The van der Waals surface area contributed by atoms with Gasteiger partial charge in [0.05, 0.1) is 0 Å². The summed E-state index contributed by atoms with van der Waals surface area (Å²) in [7, 11) is 0. The predicted molar refractivity (Wildman–Crippen MR) is 67.8 cm³/mol. The van der Waals surface area contributed by atoms with E-state index in [1.807, 2.05) is 42.5 Å². The summed E-state index contributed by atoms with van der Waals surface area (Å²) in [6.45, 7) is 0.478. The maximum absolute atomic E-state index is 5.73. The average molecular weight is 243 g/mol. The Labute approximate surface area is 104 Å². The quantitative estimate of drug-likeness (QED) is 0.645. The van der Waals surface area contributed by atoms with Crippen LogP contribution in [0.2, 0.25) is 0 Å². The molecule has 0 spiro atoms. The predicted octanol–water partition coefficient (Wildman–Crippen LogP) is 0.920. The number of nitrogens with one attached hydrogen (secondary N) is 4. The van der Waals surface area contributed by atoms with Gasteiger partial charge in [-0.1, -0.05) is 30.3 Å². The van der Waals surface area contributed by atoms with Crippen molar-refractivity contribution in [1.29, 1.82) is 0 Å². The minimum Gasteiger partial charge on any atom is -0.459 e. The van der Waals surface area contributed by atoms with Crippen molar-refractivity contribution in [3.63, 3.8) is 0 Å². The van der Waals surface area contributed by atoms with E-state index in [9.17, 15) is 0 Å². The third-order valence-electron chi connectivity index (χ3n) is 2.54. The highest BCUT2D eigenvalue weighted by atomic mass is 16.3. The normalized spacial score (nSPS) is 14.1. The van der Waals surface area contributed by atoms with Gasteiger partial charge >= 0.3 is 0 Å². The minimum absolute atomic E-state index is 0.478. The van der Waals surface area contributed by atoms with Gasteiger partial charge in [0.1, 0.15) is 18.1 Å². The van der Waals surface area contributed by atoms with E-state index in [4.69, 9.17) is 4.42 Å². The SMILES string of the molecule is c1ccc(-c2ccc(CN=C3NNNN3)o2)cc1. The van der Waals surface area contributed by atoms with Crippen LogP contribution in [0.3, 0.4) is 0 Å². The molecule has 0 unspecified atom stereocenters. The van der Waals surface area contributed by atoms with Crippen molar-refractivity contribution >= 4 is 5.96 Å². The number of nitrogens with zero attached hydrogens (tertiary/aromatic N) is 1. The summed E-state index contributed by atoms with van der Waals surface area (Å²) in [6, 6.07) is 13.9. The summed E-state index contributed by atoms with van der Waals surface area (Å²) >= 11 is 0. The molecule has 1 saturated heterocycles. The molecule has 1 aromatic heterocycles. The van der Waals surface area contributed by atoms with E-state index in [0.717, 1.165) is 17.1 Å². The minimum atomic E-state index is 0.478. The maximum Gasteiger partial charge on any atom is 0.223 e. The zero-order valence-corrected chi connectivity index (χ0v) is 9.60. The van der Waals surface area contributed by atoms with Gasteiger partial charge in [-0.05, 0) is 12.1 Å². The van der Waals surface area contributed by atoms with Crippen LogP contribution in [0, 0.1) is 0 Å². The molecule has 1 aliphatic rings. The van der Waals surface area contributed by atoms with Gasteiger partial charge in [0.25, 0.3) is 0 Å². The average Bonchev–Trinajstić information content (AvgIpc) is 3.09. The molecular formula is C12H13N5O. The lowest BCUT2D eigenvalue weighted by Gasteiger charge is -1.96. The molecule has 2 aromatic rings. The van der Waals surface area contributed by atoms with Crippen molar-refractivity contribution in [2.24, 2.45) is 4.99 Å². The molecule has 1 aromatic carbocycles. The lowest BCUT2D eigenvalue weighted by Crippen LogP contribution is -2.33. The fraction of sp³-hybridized carbons (Fsp3) is 0.0833. The largest absolute Gasteiger partial charge is 0.459 e. The first-order chi connectivity index (χ1) is 8.92. The highest BCUT2D eigenvalue weighted by Gasteiger charge is 2.06. The first-order valence-electron chi connectivity index (χ1n) is 5.62. The van der Waals surface area contributed by atoms with Crippen molar-refractivity contribution in [3.8, 4) is 11.3 Å². The summed E-state index contributed by atoms with van der Waals surface area (Å²) in [5, 5.41) is 0. The van der Waals surface area contributed by atoms with E-state index in [1.54, 1.807) is 0 Å². The number of furan rings is 1. The smallest absolute Gasteiger partial charge is 0.223 e. The van der Waals surface area contributed by atoms with Crippen molar-refractivity contribution in [3.05, 3.63) is 48.2 Å². The van der Waals surface area contributed by atoms with E-state index >= 15 is 0 Å². The van der Waals surface area contributed by atoms with Gasteiger partial charge in [-0.15, -0.1) is 0 Å². The molecule has 0 atom stereocenters. The molecule has 6 heteroatoms. The molecule has 18 heavy (non-hydrogen) atoms. The molecule has 0 bridgehead atoms. The Morgan fingerprint density at radius 1 is 0.944 bits per heavy atom. The highest BCUT2D eigenvalue weighted by molar-refractivity contribution is 5.79. The zero-order valence-electron chi connectivity index (χ0n) is 9.60. The second kappa shape index (κ2) is 4.91. The second-order valence-electron chi connectivity index (χ2n) is 3.80. The molecule has 0 amide bonds. The van der Waals surface area contributed by atoms with Crippen molar-refractivity contribution < 1.29 is 4.42 Å². The van der Waals surface area contributed by atoms with Crippen LogP contribution in [0.25, 0.3) is 11.3 Å². The molecule has 4 N–H and O–H groups in total. The van der Waals surface area contributed by atoms with Crippen molar-refractivity contribution in [1.82, 2.24) is 21.9 Å². The third kappa shape index (κ3) is 2.34. The molecule has 92 valence electrons.